The van der Waals surface area contributed by atoms with E-state index in [9.17, 15) is 28.5 Å². The van der Waals surface area contributed by atoms with Gasteiger partial charge < -0.3 is 14.9 Å². The summed E-state index contributed by atoms with van der Waals surface area (Å²) >= 11 is 0. The lowest BCUT2D eigenvalue weighted by Gasteiger charge is -2.37. The first-order valence-corrected chi connectivity index (χ1v) is 9.94. The molecule has 1 aromatic heterocycles. The van der Waals surface area contributed by atoms with E-state index in [2.05, 4.69) is 20.9 Å². The van der Waals surface area contributed by atoms with Crippen LogP contribution in [-0.4, -0.2) is 53.3 Å². The Labute approximate surface area is 191 Å². The van der Waals surface area contributed by atoms with E-state index >= 15 is 0 Å². The Balaban J connectivity index is 0.000000406. The fraction of sp³-hybridized carbons (Fsp3) is 0.227. The van der Waals surface area contributed by atoms with Crippen molar-refractivity contribution in [3.05, 3.63) is 70.4 Å². The van der Waals surface area contributed by atoms with Crippen molar-refractivity contribution in [2.24, 2.45) is 0 Å². The molecular formula is C22H18F3N5O4. The Morgan fingerprint density at radius 1 is 1.03 bits per heavy atom. The highest BCUT2D eigenvalue weighted by Gasteiger charge is 2.38. The van der Waals surface area contributed by atoms with E-state index in [1.807, 2.05) is 24.3 Å². The van der Waals surface area contributed by atoms with E-state index in [0.717, 1.165) is 37.6 Å². The van der Waals surface area contributed by atoms with Crippen LogP contribution in [0.1, 0.15) is 5.56 Å². The summed E-state index contributed by atoms with van der Waals surface area (Å²) in [4.78, 5) is 28.6. The third kappa shape index (κ3) is 5.32. The zero-order valence-electron chi connectivity index (χ0n) is 17.6. The van der Waals surface area contributed by atoms with Gasteiger partial charge in [0.05, 0.1) is 27.2 Å². The van der Waals surface area contributed by atoms with E-state index in [-0.39, 0.29) is 10.6 Å². The number of nitriles is 1. The van der Waals surface area contributed by atoms with Crippen molar-refractivity contribution in [3.8, 4) is 6.07 Å². The number of aliphatic carboxylic acids is 1. The van der Waals surface area contributed by atoms with E-state index < -0.39 is 12.1 Å². The highest BCUT2D eigenvalue weighted by molar-refractivity contribution is 5.97. The highest BCUT2D eigenvalue weighted by Crippen LogP contribution is 2.33. The first kappa shape index (κ1) is 24.2. The van der Waals surface area contributed by atoms with E-state index in [4.69, 9.17) is 9.90 Å². The number of fused-ring (bicyclic) bond motifs is 1. The van der Waals surface area contributed by atoms with Crippen molar-refractivity contribution in [2.75, 3.05) is 36.0 Å². The molecule has 34 heavy (non-hydrogen) atoms. The number of nitrogens with zero attached hydrogens (tertiary/aromatic N) is 5. The number of aromatic nitrogens is 1. The summed E-state index contributed by atoms with van der Waals surface area (Å²) < 4.78 is 31.7. The van der Waals surface area contributed by atoms with Crippen LogP contribution in [0.4, 0.5) is 30.2 Å². The van der Waals surface area contributed by atoms with Crippen LogP contribution in [0.3, 0.4) is 0 Å². The summed E-state index contributed by atoms with van der Waals surface area (Å²) in [6.45, 7) is 3.04. The van der Waals surface area contributed by atoms with E-state index in [0.29, 0.717) is 16.5 Å². The molecule has 1 N–H and O–H groups in total. The summed E-state index contributed by atoms with van der Waals surface area (Å²) in [6.07, 6.45) is -3.42. The predicted molar refractivity (Wildman–Crippen MR) is 118 cm³/mol. The van der Waals surface area contributed by atoms with Crippen molar-refractivity contribution in [1.29, 1.82) is 5.26 Å². The number of nitro groups is 1. The van der Waals surface area contributed by atoms with E-state index in [1.54, 1.807) is 30.5 Å². The average molecular weight is 473 g/mol. The van der Waals surface area contributed by atoms with Crippen LogP contribution in [-0.2, 0) is 4.79 Å². The number of rotatable bonds is 3. The van der Waals surface area contributed by atoms with Crippen molar-refractivity contribution in [3.63, 3.8) is 0 Å². The monoisotopic (exact) mass is 473 g/mol. The van der Waals surface area contributed by atoms with Crippen molar-refractivity contribution < 1.29 is 28.0 Å². The van der Waals surface area contributed by atoms with Crippen LogP contribution in [0.5, 0.6) is 0 Å². The predicted octanol–water partition coefficient (Wildman–Crippen LogP) is 3.97. The Morgan fingerprint density at radius 3 is 2.18 bits per heavy atom. The fourth-order valence-corrected chi connectivity index (χ4v) is 3.59. The van der Waals surface area contributed by atoms with Gasteiger partial charge in [-0.2, -0.15) is 18.4 Å². The molecule has 0 unspecified atom stereocenters. The SMILES string of the molecule is N#Cc1ccccc1N1CCN(c2ccc([N+](=O)[O-])c3cccnc23)CC1.O=C(O)C(F)(F)F. The number of anilines is 2. The number of pyridine rings is 1. The summed E-state index contributed by atoms with van der Waals surface area (Å²) in [7, 11) is 0. The van der Waals surface area contributed by atoms with Gasteiger partial charge in [-0.15, -0.1) is 0 Å². The van der Waals surface area contributed by atoms with Gasteiger partial charge >= 0.3 is 12.1 Å². The van der Waals surface area contributed by atoms with Crippen LogP contribution >= 0.6 is 0 Å². The van der Waals surface area contributed by atoms with Crippen LogP contribution < -0.4 is 9.80 Å². The fourth-order valence-electron chi connectivity index (χ4n) is 3.59. The van der Waals surface area contributed by atoms with Gasteiger partial charge in [0.1, 0.15) is 11.6 Å². The Hall–Kier alpha value is -4.40. The normalized spacial score (nSPS) is 13.6. The smallest absolute Gasteiger partial charge is 0.475 e. The molecule has 0 saturated carbocycles. The Morgan fingerprint density at radius 2 is 1.62 bits per heavy atom. The van der Waals surface area contributed by atoms with Gasteiger partial charge in [0.15, 0.2) is 0 Å². The van der Waals surface area contributed by atoms with Gasteiger partial charge in [0.2, 0.25) is 0 Å². The molecule has 9 nitrogen and oxygen atoms in total. The Bertz CT molecular complexity index is 1250. The molecule has 1 aliphatic heterocycles. The third-order valence-electron chi connectivity index (χ3n) is 5.15. The van der Waals surface area contributed by atoms with Gasteiger partial charge in [0, 0.05) is 38.4 Å². The van der Waals surface area contributed by atoms with Gasteiger partial charge in [-0.25, -0.2) is 4.79 Å². The molecule has 1 saturated heterocycles. The number of carboxylic acids is 1. The van der Waals surface area contributed by atoms with Crippen molar-refractivity contribution in [2.45, 2.75) is 6.18 Å². The third-order valence-corrected chi connectivity index (χ3v) is 5.15. The second-order valence-corrected chi connectivity index (χ2v) is 7.17. The molecule has 2 heterocycles. The molecule has 0 bridgehead atoms. The summed E-state index contributed by atoms with van der Waals surface area (Å²) in [5.41, 5.74) is 3.25. The maximum atomic E-state index is 11.3. The number of alkyl halides is 3. The summed E-state index contributed by atoms with van der Waals surface area (Å²) in [6, 6.07) is 16.6. The van der Waals surface area contributed by atoms with Gasteiger partial charge in [-0.3, -0.25) is 15.1 Å². The van der Waals surface area contributed by atoms with Gasteiger partial charge in [-0.1, -0.05) is 12.1 Å². The number of para-hydroxylation sites is 1. The second-order valence-electron chi connectivity index (χ2n) is 7.17. The number of carboxylic acid groups (broad SMARTS) is 1. The molecule has 3 aromatic rings. The van der Waals surface area contributed by atoms with Crippen LogP contribution in [0.25, 0.3) is 10.9 Å². The summed E-state index contributed by atoms with van der Waals surface area (Å²) in [5, 5.41) is 28.3. The number of piperazine rings is 1. The van der Waals surface area contributed by atoms with E-state index in [1.165, 1.54) is 0 Å². The standard InChI is InChI=1S/C20H17N5O2.C2HF3O2/c21-14-15-4-1-2-6-17(15)23-10-12-24(13-11-23)19-8-7-18(25(26)27)16-5-3-9-22-20(16)19;3-2(4,5)1(6)7/h1-9H,10-13H2;(H,6,7). The molecule has 1 fully saturated rings. The minimum Gasteiger partial charge on any atom is -0.475 e. The lowest BCUT2D eigenvalue weighted by Crippen LogP contribution is -2.46. The number of nitro benzene ring substituents is 1. The average Bonchev–Trinajstić information content (AvgIpc) is 2.83. The second kappa shape index (κ2) is 10.0. The molecule has 0 radical (unpaired) electrons. The first-order chi connectivity index (χ1) is 16.1. The quantitative estimate of drug-likeness (QED) is 0.448. The van der Waals surface area contributed by atoms with Gasteiger partial charge in [-0.05, 0) is 30.3 Å². The maximum absolute atomic E-state index is 11.3. The zero-order chi connectivity index (χ0) is 24.9. The number of carbonyl (C=O) groups is 1. The number of benzene rings is 2. The number of non-ortho nitro benzene ring substituents is 1. The van der Waals surface area contributed by atoms with Crippen LogP contribution in [0.15, 0.2) is 54.7 Å². The zero-order valence-corrected chi connectivity index (χ0v) is 17.6. The maximum Gasteiger partial charge on any atom is 0.490 e. The minimum atomic E-state index is -5.08. The molecule has 2 aromatic carbocycles. The highest BCUT2D eigenvalue weighted by atomic mass is 19.4. The first-order valence-electron chi connectivity index (χ1n) is 9.94. The number of halogens is 3. The number of hydrogen-bond donors (Lipinski definition) is 1. The molecule has 1 aliphatic rings. The molecular weight excluding hydrogens is 455 g/mol. The molecule has 0 aliphatic carbocycles. The van der Waals surface area contributed by atoms with Crippen LogP contribution in [0, 0.1) is 21.4 Å². The molecule has 12 heteroatoms. The topological polar surface area (TPSA) is 124 Å². The molecule has 0 amide bonds. The minimum absolute atomic E-state index is 0.0726. The van der Waals surface area contributed by atoms with Crippen LogP contribution in [0.2, 0.25) is 0 Å². The molecule has 4 rings (SSSR count). The molecule has 176 valence electrons. The van der Waals surface area contributed by atoms with Crippen molar-refractivity contribution >= 4 is 33.9 Å². The van der Waals surface area contributed by atoms with Crippen molar-refractivity contribution in [1.82, 2.24) is 4.98 Å². The molecule has 0 spiro atoms. The summed E-state index contributed by atoms with van der Waals surface area (Å²) in [5.74, 6) is -2.76. The number of hydrogen-bond acceptors (Lipinski definition) is 7. The molecule has 0 atom stereocenters. The lowest BCUT2D eigenvalue weighted by molar-refractivity contribution is -0.383. The van der Waals surface area contributed by atoms with Gasteiger partial charge in [0.25, 0.3) is 5.69 Å². The lowest BCUT2D eigenvalue weighted by atomic mass is 10.1. The Kier molecular flexibility index (Phi) is 7.15. The largest absolute Gasteiger partial charge is 0.490 e.